The molecule has 1 amide bonds. The Morgan fingerprint density at radius 2 is 2.29 bits per heavy atom. The summed E-state index contributed by atoms with van der Waals surface area (Å²) in [6.45, 7) is 0.675. The van der Waals surface area contributed by atoms with Gasteiger partial charge in [-0.1, -0.05) is 11.2 Å². The van der Waals surface area contributed by atoms with E-state index in [1.165, 1.54) is 24.1 Å². The molecule has 9 heteroatoms. The minimum absolute atomic E-state index is 0.0436. The monoisotopic (exact) mass is 309 g/mol. The largest absolute Gasteiger partial charge is 0.312 e. The van der Waals surface area contributed by atoms with Crippen LogP contribution in [0.3, 0.4) is 0 Å². The third kappa shape index (κ3) is 3.33. The highest BCUT2D eigenvalue weighted by Gasteiger charge is 2.30. The van der Waals surface area contributed by atoms with Crippen molar-refractivity contribution < 1.29 is 13.2 Å². The number of anilines is 1. The number of nitrogens with zero attached hydrogens (tertiary/aromatic N) is 4. The van der Waals surface area contributed by atoms with E-state index < -0.39 is 10.0 Å². The standard InChI is InChI=1S/C12H15N5O3S/c1-14-21(19,20)11-4-2-3-10(6-11)17-8-9(5-12(17)18)7-15-16-13/h2-4,6,9,14H,5,7-8H2,1H3. The molecule has 1 N–H and O–H groups in total. The van der Waals surface area contributed by atoms with Crippen LogP contribution in [0, 0.1) is 5.92 Å². The zero-order valence-electron chi connectivity index (χ0n) is 11.4. The van der Waals surface area contributed by atoms with Crippen LogP contribution < -0.4 is 9.62 Å². The number of hydrogen-bond acceptors (Lipinski definition) is 4. The molecule has 0 radical (unpaired) electrons. The van der Waals surface area contributed by atoms with Gasteiger partial charge in [-0.25, -0.2) is 13.1 Å². The number of nitrogens with one attached hydrogen (secondary N) is 1. The van der Waals surface area contributed by atoms with Crippen LogP contribution in [0.2, 0.25) is 0 Å². The highest BCUT2D eigenvalue weighted by molar-refractivity contribution is 7.89. The topological polar surface area (TPSA) is 115 Å². The zero-order chi connectivity index (χ0) is 15.5. The molecule has 0 bridgehead atoms. The minimum atomic E-state index is -3.55. The average Bonchev–Trinajstić information content (AvgIpc) is 2.86. The van der Waals surface area contributed by atoms with Crippen molar-refractivity contribution in [2.75, 3.05) is 25.0 Å². The summed E-state index contributed by atoms with van der Waals surface area (Å²) in [5.41, 5.74) is 8.84. The predicted octanol–water partition coefficient (Wildman–Crippen LogP) is 1.26. The fourth-order valence-electron chi connectivity index (χ4n) is 2.24. The number of sulfonamides is 1. The van der Waals surface area contributed by atoms with E-state index in [1.807, 2.05) is 0 Å². The lowest BCUT2D eigenvalue weighted by atomic mass is 10.1. The lowest BCUT2D eigenvalue weighted by Crippen LogP contribution is -2.25. The molecule has 1 heterocycles. The highest BCUT2D eigenvalue weighted by atomic mass is 32.2. The number of benzene rings is 1. The molecule has 0 saturated carbocycles. The summed E-state index contributed by atoms with van der Waals surface area (Å²) in [5.74, 6) is -0.148. The van der Waals surface area contributed by atoms with Gasteiger partial charge in [0, 0.05) is 30.1 Å². The third-order valence-corrected chi connectivity index (χ3v) is 4.73. The van der Waals surface area contributed by atoms with Crippen molar-refractivity contribution in [2.24, 2.45) is 11.0 Å². The molecule has 1 aromatic carbocycles. The first-order valence-corrected chi connectivity index (χ1v) is 7.81. The van der Waals surface area contributed by atoms with E-state index in [9.17, 15) is 13.2 Å². The van der Waals surface area contributed by atoms with Crippen LogP contribution in [0.4, 0.5) is 5.69 Å². The molecule has 0 aromatic heterocycles. The van der Waals surface area contributed by atoms with Crippen LogP contribution in [-0.2, 0) is 14.8 Å². The van der Waals surface area contributed by atoms with Gasteiger partial charge in [-0.2, -0.15) is 0 Å². The molecule has 2 rings (SSSR count). The van der Waals surface area contributed by atoms with Gasteiger partial charge in [-0.3, -0.25) is 4.79 Å². The maximum absolute atomic E-state index is 12.0. The fraction of sp³-hybridized carbons (Fsp3) is 0.417. The molecule has 1 aromatic rings. The van der Waals surface area contributed by atoms with Crippen molar-refractivity contribution in [1.29, 1.82) is 0 Å². The van der Waals surface area contributed by atoms with E-state index in [0.717, 1.165) is 0 Å². The molecule has 1 saturated heterocycles. The van der Waals surface area contributed by atoms with Gasteiger partial charge < -0.3 is 4.90 Å². The summed E-state index contributed by atoms with van der Waals surface area (Å²) < 4.78 is 25.8. The second-order valence-corrected chi connectivity index (χ2v) is 6.58. The van der Waals surface area contributed by atoms with E-state index in [-0.39, 0.29) is 23.3 Å². The van der Waals surface area contributed by atoms with Crippen molar-refractivity contribution in [1.82, 2.24) is 4.72 Å². The Morgan fingerprint density at radius 3 is 2.95 bits per heavy atom. The summed E-state index contributed by atoms with van der Waals surface area (Å²) >= 11 is 0. The van der Waals surface area contributed by atoms with Gasteiger partial charge in [0.2, 0.25) is 15.9 Å². The van der Waals surface area contributed by atoms with Crippen LogP contribution in [0.15, 0.2) is 34.3 Å². The Bertz CT molecular complexity index is 697. The predicted molar refractivity (Wildman–Crippen MR) is 77.2 cm³/mol. The summed E-state index contributed by atoms with van der Waals surface area (Å²) in [4.78, 5) is 16.3. The quantitative estimate of drug-likeness (QED) is 0.501. The van der Waals surface area contributed by atoms with Gasteiger partial charge in [-0.15, -0.1) is 0 Å². The van der Waals surface area contributed by atoms with Crippen molar-refractivity contribution >= 4 is 21.6 Å². The Hall–Kier alpha value is -2.09. The number of amides is 1. The molecular weight excluding hydrogens is 294 g/mol. The first-order chi connectivity index (χ1) is 9.97. The van der Waals surface area contributed by atoms with Crippen LogP contribution in [0.5, 0.6) is 0 Å². The molecular formula is C12H15N5O3S. The smallest absolute Gasteiger partial charge is 0.240 e. The van der Waals surface area contributed by atoms with Crippen LogP contribution in [-0.4, -0.2) is 34.5 Å². The first-order valence-electron chi connectivity index (χ1n) is 6.33. The Labute approximate surface area is 122 Å². The van der Waals surface area contributed by atoms with Gasteiger partial charge in [0.1, 0.15) is 0 Å². The molecule has 1 aliphatic rings. The fourth-order valence-corrected chi connectivity index (χ4v) is 3.01. The van der Waals surface area contributed by atoms with E-state index in [1.54, 1.807) is 12.1 Å². The Kier molecular flexibility index (Phi) is 4.46. The van der Waals surface area contributed by atoms with E-state index in [4.69, 9.17) is 5.53 Å². The number of carbonyl (C=O) groups excluding carboxylic acids is 1. The van der Waals surface area contributed by atoms with Crippen LogP contribution >= 0.6 is 0 Å². The SMILES string of the molecule is CNS(=O)(=O)c1cccc(N2CC(CN=[N+]=[N-])CC2=O)c1. The van der Waals surface area contributed by atoms with Crippen molar-refractivity contribution in [3.05, 3.63) is 34.7 Å². The van der Waals surface area contributed by atoms with Crippen LogP contribution in [0.1, 0.15) is 6.42 Å². The summed E-state index contributed by atoms with van der Waals surface area (Å²) in [6, 6.07) is 6.20. The number of carbonyl (C=O) groups is 1. The van der Waals surface area contributed by atoms with Gasteiger partial charge >= 0.3 is 0 Å². The molecule has 21 heavy (non-hydrogen) atoms. The summed E-state index contributed by atoms with van der Waals surface area (Å²) in [5, 5.41) is 3.48. The lowest BCUT2D eigenvalue weighted by molar-refractivity contribution is -0.117. The molecule has 1 fully saturated rings. The lowest BCUT2D eigenvalue weighted by Gasteiger charge is -2.17. The van der Waals surface area contributed by atoms with Crippen molar-refractivity contribution in [3.8, 4) is 0 Å². The molecule has 0 spiro atoms. The van der Waals surface area contributed by atoms with Gasteiger partial charge in [0.15, 0.2) is 0 Å². The summed E-state index contributed by atoms with van der Waals surface area (Å²) in [7, 11) is -2.22. The summed E-state index contributed by atoms with van der Waals surface area (Å²) in [6.07, 6.45) is 0.294. The van der Waals surface area contributed by atoms with Crippen molar-refractivity contribution in [2.45, 2.75) is 11.3 Å². The number of azide groups is 1. The molecule has 1 atom stereocenters. The second kappa shape index (κ2) is 6.13. The number of hydrogen-bond donors (Lipinski definition) is 1. The van der Waals surface area contributed by atoms with Gasteiger partial charge in [0.05, 0.1) is 4.90 Å². The Morgan fingerprint density at radius 1 is 1.52 bits per heavy atom. The molecule has 112 valence electrons. The van der Waals surface area contributed by atoms with Gasteiger partial charge in [0.25, 0.3) is 0 Å². The normalized spacial score (nSPS) is 18.6. The maximum Gasteiger partial charge on any atom is 0.240 e. The highest BCUT2D eigenvalue weighted by Crippen LogP contribution is 2.27. The maximum atomic E-state index is 12.0. The van der Waals surface area contributed by atoms with E-state index >= 15 is 0 Å². The van der Waals surface area contributed by atoms with Crippen LogP contribution in [0.25, 0.3) is 10.4 Å². The Balaban J connectivity index is 2.25. The van der Waals surface area contributed by atoms with Gasteiger partial charge in [-0.05, 0) is 36.7 Å². The molecule has 8 nitrogen and oxygen atoms in total. The minimum Gasteiger partial charge on any atom is -0.312 e. The van der Waals surface area contributed by atoms with E-state index in [2.05, 4.69) is 14.7 Å². The second-order valence-electron chi connectivity index (χ2n) is 4.69. The zero-order valence-corrected chi connectivity index (χ0v) is 12.2. The average molecular weight is 309 g/mol. The molecule has 1 unspecified atom stereocenters. The van der Waals surface area contributed by atoms with E-state index in [0.29, 0.717) is 18.7 Å². The van der Waals surface area contributed by atoms with Crippen molar-refractivity contribution in [3.63, 3.8) is 0 Å². The first kappa shape index (κ1) is 15.3. The molecule has 1 aliphatic heterocycles. The molecule has 0 aliphatic carbocycles. The number of rotatable bonds is 5. The third-order valence-electron chi connectivity index (χ3n) is 3.32.